The summed E-state index contributed by atoms with van der Waals surface area (Å²) in [6.45, 7) is 0.972. The van der Waals surface area contributed by atoms with E-state index in [9.17, 15) is 0 Å². The summed E-state index contributed by atoms with van der Waals surface area (Å²) in [5.74, 6) is -1.08. The van der Waals surface area contributed by atoms with Gasteiger partial charge in [0.1, 0.15) is 0 Å². The minimum atomic E-state index is -1.08. The van der Waals surface area contributed by atoms with E-state index in [0.29, 0.717) is 0 Å². The van der Waals surface area contributed by atoms with Crippen LogP contribution in [0.15, 0.2) is 0 Å². The largest absolute Gasteiger partial charge is 1.00 e. The van der Waals surface area contributed by atoms with Crippen LogP contribution in [-0.4, -0.2) is 59.9 Å². The smallest absolute Gasteiger partial charge is 1.00 e. The topological polar surface area (TPSA) is 145 Å². The summed E-state index contributed by atoms with van der Waals surface area (Å²) in [5, 5.41) is 25.8. The molecule has 0 aliphatic heterocycles. The summed E-state index contributed by atoms with van der Waals surface area (Å²) in [6.07, 6.45) is 0. The van der Waals surface area contributed by atoms with Crippen LogP contribution < -0.4 is 153 Å². The number of thiocarbonyl (C=S) groups is 2. The molecule has 7 nitrogen and oxygen atoms in total. The number of carbonyl (C=O) groups excluding carboxylic acids is 1. The number of carboxylic acid groups (broad SMARTS) is 1. The predicted octanol–water partition coefficient (Wildman–Crippen LogP) is -14.8. The van der Waals surface area contributed by atoms with Gasteiger partial charge in [-0.05, 0) is 6.92 Å². The van der Waals surface area contributed by atoms with Gasteiger partial charge in [-0.3, -0.25) is 0 Å². The third-order valence-corrected chi connectivity index (χ3v) is 0. The molecule has 0 fully saturated rings. The molecule has 0 atom stereocenters. The van der Waals surface area contributed by atoms with E-state index in [4.69, 9.17) is 20.7 Å². The van der Waals surface area contributed by atoms with Crippen LogP contribution in [-0.2, 0) is 4.79 Å². The predicted molar refractivity (Wildman–Crippen MR) is 71.5 cm³/mol. The molecule has 0 saturated heterocycles. The van der Waals surface area contributed by atoms with E-state index in [2.05, 4.69) is 52.6 Å². The Kier molecular flexibility index (Phi) is 210. The molecule has 0 bridgehead atoms. The number of hydrogen-bond acceptors (Lipinski definition) is 6. The molecule has 106 valence electrons. The number of rotatable bonds is 0. The first-order chi connectivity index (χ1) is 6.56. The minimum Gasteiger partial charge on any atom is -1.00 e. The van der Waals surface area contributed by atoms with E-state index in [1.807, 2.05) is 0 Å². The zero-order valence-electron chi connectivity index (χ0n) is 16.4. The molecule has 0 aromatic carbocycles. The number of quaternary nitrogens is 1. The van der Waals surface area contributed by atoms with Crippen LogP contribution in [0, 0.1) is 0 Å². The Morgan fingerprint density at radius 2 is 0.909 bits per heavy atom. The normalized spacial score (nSPS) is 4.59. The first-order valence-electron chi connectivity index (χ1n) is 3.55. The van der Waals surface area contributed by atoms with E-state index in [1.165, 1.54) is 10.3 Å². The Bertz CT molecular complexity index is 218. The quantitative estimate of drug-likeness (QED) is 0.171. The van der Waals surface area contributed by atoms with Gasteiger partial charge in [-0.15, -0.1) is 0 Å². The average molecular weight is 399 g/mol. The molecule has 0 aliphatic rings. The van der Waals surface area contributed by atoms with Gasteiger partial charge >= 0.3 is 148 Å². The van der Waals surface area contributed by atoms with Crippen molar-refractivity contribution in [2.45, 2.75) is 6.92 Å². The van der Waals surface area contributed by atoms with Crippen LogP contribution in [0.25, 0.3) is 10.8 Å². The van der Waals surface area contributed by atoms with Crippen molar-refractivity contribution < 1.29 is 175 Å². The molecule has 0 amide bonds. The van der Waals surface area contributed by atoms with Crippen LogP contribution in [0.2, 0.25) is 0 Å². The Labute approximate surface area is 256 Å². The van der Waals surface area contributed by atoms with Crippen LogP contribution in [0.4, 0.5) is 0 Å². The van der Waals surface area contributed by atoms with E-state index in [0.717, 1.165) is 11.4 Å². The van der Waals surface area contributed by atoms with Gasteiger partial charge in [-0.1, -0.05) is 24.4 Å². The minimum absolute atomic E-state index is 0. The zero-order chi connectivity index (χ0) is 13.5. The van der Waals surface area contributed by atoms with Gasteiger partial charge in [-0.2, -0.15) is 10.3 Å². The second-order valence-electron chi connectivity index (χ2n) is 3.36. The number of carbonyl (C=O) groups is 1. The Hall–Kier alpha value is 3.95. The molecular weight excluding hydrogens is 381 g/mol. The van der Waals surface area contributed by atoms with E-state index in [-0.39, 0.29) is 160 Å². The van der Waals surface area contributed by atoms with Crippen molar-refractivity contribution in [3.05, 3.63) is 10.8 Å². The van der Waals surface area contributed by atoms with Gasteiger partial charge in [0.15, 0.2) is 0 Å². The van der Waals surface area contributed by atoms with Crippen LogP contribution in [0.5, 0.6) is 0 Å². The van der Waals surface area contributed by atoms with Crippen molar-refractivity contribution in [1.82, 2.24) is 0 Å². The Morgan fingerprint density at radius 3 is 0.909 bits per heavy atom. The standard InChI is InChI=1S/C4H12N.C2H4O2.2CNS.5Na.2H2O.H/c1-5(2,3)4;1-2(3)4;2*2-1-3;;;;;;;;/h1-4H3;1H3,(H,3,4);;;;;;;;2*1H2;/q+1;;2*-1;5*+1;;;-1/p-3. The van der Waals surface area contributed by atoms with Gasteiger partial charge in [0.25, 0.3) is 0 Å². The fourth-order valence-electron chi connectivity index (χ4n) is 0. The third kappa shape index (κ3) is 808. The molecule has 0 heterocycles. The maximum atomic E-state index is 8.89. The molecule has 0 aromatic rings. The van der Waals surface area contributed by atoms with Gasteiger partial charge in [0.2, 0.25) is 0 Å². The maximum absolute atomic E-state index is 8.89. The van der Waals surface area contributed by atoms with Crippen molar-refractivity contribution in [2.24, 2.45) is 0 Å². The van der Waals surface area contributed by atoms with Gasteiger partial charge in [0, 0.05) is 5.97 Å². The Morgan fingerprint density at radius 1 is 0.909 bits per heavy atom. The molecule has 0 saturated carbocycles. The zero-order valence-corrected chi connectivity index (χ0v) is 27.0. The molecule has 0 rings (SSSR count). The van der Waals surface area contributed by atoms with Crippen molar-refractivity contribution in [3.63, 3.8) is 0 Å². The molecule has 0 radical (unpaired) electrons. The summed E-state index contributed by atoms with van der Waals surface area (Å²) in [5.41, 5.74) is 0. The van der Waals surface area contributed by atoms with Crippen molar-refractivity contribution in [1.29, 1.82) is 0 Å². The van der Waals surface area contributed by atoms with E-state index >= 15 is 0 Å². The van der Waals surface area contributed by atoms with Crippen molar-refractivity contribution >= 4 is 40.7 Å². The first-order valence-corrected chi connectivity index (χ1v) is 4.37. The summed E-state index contributed by atoms with van der Waals surface area (Å²) < 4.78 is 1.00. The van der Waals surface area contributed by atoms with E-state index < -0.39 is 5.97 Å². The van der Waals surface area contributed by atoms with Gasteiger partial charge < -0.3 is 37.6 Å². The van der Waals surface area contributed by atoms with Crippen LogP contribution in [0.3, 0.4) is 0 Å². The molecule has 22 heavy (non-hydrogen) atoms. The van der Waals surface area contributed by atoms with Crippen molar-refractivity contribution in [3.8, 4) is 0 Å². The summed E-state index contributed by atoms with van der Waals surface area (Å²) >= 11 is 7.40. The molecule has 14 heteroatoms. The SMILES string of the molecule is CC(=O)[O-].C[N+](C)(C)C.[H-].[N-]=C=S.[N-]=C=S.[Na+].[Na+].[Na+].[Na+].[Na+].[OH-].[OH-]. The van der Waals surface area contributed by atoms with Gasteiger partial charge in [-0.25, -0.2) is 0 Å². The summed E-state index contributed by atoms with van der Waals surface area (Å²) in [6, 6.07) is 0. The third-order valence-electron chi connectivity index (χ3n) is 0. The van der Waals surface area contributed by atoms with Crippen molar-refractivity contribution in [2.75, 3.05) is 28.2 Å². The molecule has 0 aliphatic carbocycles. The molecule has 0 aromatic heterocycles. The van der Waals surface area contributed by atoms with Crippen LogP contribution >= 0.6 is 24.4 Å². The average Bonchev–Trinajstić information content (AvgIpc) is 1.82. The second-order valence-corrected chi connectivity index (χ2v) is 3.72. The van der Waals surface area contributed by atoms with Gasteiger partial charge in [0.05, 0.1) is 28.2 Å². The number of isothiocyanates is 2. The Balaban J connectivity index is -0.00000000638. The number of hydrogen-bond donors (Lipinski definition) is 0. The molecule has 0 spiro atoms. The van der Waals surface area contributed by atoms with Crippen LogP contribution in [0.1, 0.15) is 8.35 Å². The number of nitrogens with zero attached hydrogens (tertiary/aromatic N) is 3. The van der Waals surface area contributed by atoms with E-state index in [1.54, 1.807) is 0 Å². The number of carboxylic acids is 1. The molecule has 0 unspecified atom stereocenters. The fourth-order valence-corrected chi connectivity index (χ4v) is 0. The fraction of sp³-hybridized carbons (Fsp3) is 0.625. The molecular formula is C8H18N3Na5O4S2. The molecule has 2 N–H and O–H groups in total. The second kappa shape index (κ2) is 64.0. The number of aliphatic carboxylic acids is 1. The first kappa shape index (κ1) is 72.3. The summed E-state index contributed by atoms with van der Waals surface area (Å²) in [7, 11) is 8.50. The monoisotopic (exact) mass is 399 g/mol. The summed E-state index contributed by atoms with van der Waals surface area (Å²) in [4.78, 5) is 8.89. The maximum Gasteiger partial charge on any atom is 1.00 e.